The molecule has 0 N–H and O–H groups in total. The summed E-state index contributed by atoms with van der Waals surface area (Å²) >= 11 is 0. The number of rotatable bonds is 3. The van der Waals surface area contributed by atoms with Crippen molar-refractivity contribution in [1.29, 1.82) is 0 Å². The lowest BCUT2D eigenvalue weighted by Gasteiger charge is -2.21. The maximum absolute atomic E-state index is 10.7. The second-order valence-corrected chi connectivity index (χ2v) is 3.30. The van der Waals surface area contributed by atoms with Gasteiger partial charge in [0.2, 0.25) is 0 Å². The summed E-state index contributed by atoms with van der Waals surface area (Å²) in [5.74, 6) is 1.06. The molecule has 0 aliphatic carbocycles. The highest BCUT2D eigenvalue weighted by molar-refractivity contribution is 5.75. The van der Waals surface area contributed by atoms with Crippen LogP contribution in [0.4, 0.5) is 0 Å². The number of hydrogen-bond donors (Lipinski definition) is 0. The minimum Gasteiger partial charge on any atom is -0.381 e. The van der Waals surface area contributed by atoms with Crippen molar-refractivity contribution in [3.63, 3.8) is 0 Å². The largest absolute Gasteiger partial charge is 0.381 e. The molecule has 11 heavy (non-hydrogen) atoms. The quantitative estimate of drug-likeness (QED) is 0.622. The first-order valence-corrected chi connectivity index (χ1v) is 4.36. The van der Waals surface area contributed by atoms with Crippen molar-refractivity contribution in [1.82, 2.24) is 0 Å². The van der Waals surface area contributed by atoms with Crippen molar-refractivity contribution >= 4 is 5.78 Å². The molecule has 0 spiro atoms. The Kier molecular flexibility index (Phi) is 3.57. The predicted octanol–water partition coefficient (Wildman–Crippen LogP) is 1.78. The Morgan fingerprint density at radius 2 is 2.09 bits per heavy atom. The average molecular weight is 156 g/mol. The van der Waals surface area contributed by atoms with Gasteiger partial charge in [-0.25, -0.2) is 0 Å². The number of ether oxygens (including phenoxy) is 1. The van der Waals surface area contributed by atoms with Gasteiger partial charge in [0.15, 0.2) is 0 Å². The summed E-state index contributed by atoms with van der Waals surface area (Å²) in [7, 11) is 0. The second kappa shape index (κ2) is 4.50. The fourth-order valence-electron chi connectivity index (χ4n) is 1.44. The van der Waals surface area contributed by atoms with E-state index in [4.69, 9.17) is 4.74 Å². The Bertz CT molecular complexity index is 126. The zero-order valence-corrected chi connectivity index (χ0v) is 7.14. The monoisotopic (exact) mass is 156 g/mol. The van der Waals surface area contributed by atoms with Gasteiger partial charge < -0.3 is 9.53 Å². The van der Waals surface area contributed by atoms with Crippen molar-refractivity contribution in [3.8, 4) is 0 Å². The molecule has 0 aromatic carbocycles. The molecule has 1 rings (SSSR count). The van der Waals surface area contributed by atoms with Crippen LogP contribution in [0.2, 0.25) is 0 Å². The molecular formula is C9H16O2. The van der Waals surface area contributed by atoms with E-state index >= 15 is 0 Å². The molecule has 2 heteroatoms. The van der Waals surface area contributed by atoms with E-state index in [9.17, 15) is 4.79 Å². The predicted molar refractivity (Wildman–Crippen MR) is 43.5 cm³/mol. The van der Waals surface area contributed by atoms with Crippen LogP contribution < -0.4 is 0 Å². The molecule has 1 aliphatic rings. The Morgan fingerprint density at radius 1 is 1.45 bits per heavy atom. The highest BCUT2D eigenvalue weighted by Crippen LogP contribution is 2.19. The third-order valence-corrected chi connectivity index (χ3v) is 2.25. The molecule has 0 unspecified atom stereocenters. The van der Waals surface area contributed by atoms with Crippen molar-refractivity contribution in [2.24, 2.45) is 5.92 Å². The molecule has 0 aromatic rings. The lowest BCUT2D eigenvalue weighted by molar-refractivity contribution is -0.117. The molecule has 0 bridgehead atoms. The molecule has 64 valence electrons. The summed E-state index contributed by atoms with van der Waals surface area (Å²) in [5, 5.41) is 0. The van der Waals surface area contributed by atoms with Crippen molar-refractivity contribution in [3.05, 3.63) is 0 Å². The Labute approximate surface area is 67.9 Å². The zero-order valence-electron chi connectivity index (χ0n) is 7.14. The summed E-state index contributed by atoms with van der Waals surface area (Å²) in [4.78, 5) is 10.7. The summed E-state index contributed by atoms with van der Waals surface area (Å²) < 4.78 is 5.22. The summed E-state index contributed by atoms with van der Waals surface area (Å²) in [5.41, 5.74) is 0. The summed E-state index contributed by atoms with van der Waals surface area (Å²) in [6.45, 7) is 3.45. The number of carbonyl (C=O) groups is 1. The van der Waals surface area contributed by atoms with Gasteiger partial charge in [-0.3, -0.25) is 0 Å². The Morgan fingerprint density at radius 3 is 2.64 bits per heavy atom. The van der Waals surface area contributed by atoms with E-state index in [-0.39, 0.29) is 0 Å². The fraction of sp³-hybridized carbons (Fsp3) is 0.889. The van der Waals surface area contributed by atoms with Crippen LogP contribution in [0.15, 0.2) is 0 Å². The number of ketones is 1. The standard InChI is InChI=1S/C9H16O2/c1-8(10)2-3-9-4-6-11-7-5-9/h9H,2-7H2,1H3. The van der Waals surface area contributed by atoms with E-state index in [1.54, 1.807) is 6.92 Å². The fourth-order valence-corrected chi connectivity index (χ4v) is 1.44. The number of Topliss-reactive ketones (excluding diaryl/α,β-unsaturated/α-hetero) is 1. The van der Waals surface area contributed by atoms with Gasteiger partial charge in [-0.15, -0.1) is 0 Å². The van der Waals surface area contributed by atoms with Gasteiger partial charge in [-0.2, -0.15) is 0 Å². The van der Waals surface area contributed by atoms with Crippen molar-refractivity contribution in [2.75, 3.05) is 13.2 Å². The average Bonchev–Trinajstić information content (AvgIpc) is 2.03. The third kappa shape index (κ3) is 3.51. The highest BCUT2D eigenvalue weighted by atomic mass is 16.5. The molecule has 1 saturated heterocycles. The number of hydrogen-bond acceptors (Lipinski definition) is 2. The minimum atomic E-state index is 0.316. The van der Waals surface area contributed by atoms with E-state index < -0.39 is 0 Å². The second-order valence-electron chi connectivity index (χ2n) is 3.30. The van der Waals surface area contributed by atoms with Crippen LogP contribution in [0.1, 0.15) is 32.6 Å². The number of carbonyl (C=O) groups excluding carboxylic acids is 1. The molecule has 0 atom stereocenters. The third-order valence-electron chi connectivity index (χ3n) is 2.25. The Hall–Kier alpha value is -0.370. The topological polar surface area (TPSA) is 26.3 Å². The van der Waals surface area contributed by atoms with E-state index in [2.05, 4.69) is 0 Å². The molecule has 1 heterocycles. The summed E-state index contributed by atoms with van der Waals surface area (Å²) in [6.07, 6.45) is 4.11. The van der Waals surface area contributed by atoms with Gasteiger partial charge in [0.05, 0.1) is 0 Å². The normalized spacial score (nSPS) is 20.1. The maximum atomic E-state index is 10.7. The molecule has 0 amide bonds. The van der Waals surface area contributed by atoms with Crippen molar-refractivity contribution in [2.45, 2.75) is 32.6 Å². The summed E-state index contributed by atoms with van der Waals surface area (Å²) in [6, 6.07) is 0. The lowest BCUT2D eigenvalue weighted by atomic mass is 9.94. The van der Waals surface area contributed by atoms with E-state index in [0.717, 1.165) is 44.8 Å². The molecule has 1 aliphatic heterocycles. The van der Waals surface area contributed by atoms with Crippen LogP contribution in [0, 0.1) is 5.92 Å². The maximum Gasteiger partial charge on any atom is 0.129 e. The first-order valence-electron chi connectivity index (χ1n) is 4.36. The zero-order chi connectivity index (χ0) is 8.10. The first kappa shape index (κ1) is 8.72. The van der Waals surface area contributed by atoms with E-state index in [0.29, 0.717) is 5.78 Å². The molecule has 0 radical (unpaired) electrons. The van der Waals surface area contributed by atoms with Crippen LogP contribution in [-0.4, -0.2) is 19.0 Å². The van der Waals surface area contributed by atoms with Gasteiger partial charge in [0.25, 0.3) is 0 Å². The Balaban J connectivity index is 2.09. The van der Waals surface area contributed by atoms with E-state index in [1.165, 1.54) is 0 Å². The molecule has 0 aromatic heterocycles. The van der Waals surface area contributed by atoms with Gasteiger partial charge >= 0.3 is 0 Å². The SMILES string of the molecule is CC(=O)CCC1CCOCC1. The molecule has 0 saturated carbocycles. The van der Waals surface area contributed by atoms with Gasteiger partial charge in [0.1, 0.15) is 5.78 Å². The lowest BCUT2D eigenvalue weighted by Crippen LogP contribution is -2.16. The molecular weight excluding hydrogens is 140 g/mol. The van der Waals surface area contributed by atoms with Crippen LogP contribution in [0.5, 0.6) is 0 Å². The van der Waals surface area contributed by atoms with Crippen LogP contribution in [0.25, 0.3) is 0 Å². The van der Waals surface area contributed by atoms with Gasteiger partial charge in [-0.05, 0) is 32.1 Å². The van der Waals surface area contributed by atoms with Crippen LogP contribution >= 0.6 is 0 Å². The van der Waals surface area contributed by atoms with E-state index in [1.807, 2.05) is 0 Å². The highest BCUT2D eigenvalue weighted by Gasteiger charge is 2.13. The van der Waals surface area contributed by atoms with Crippen molar-refractivity contribution < 1.29 is 9.53 Å². The minimum absolute atomic E-state index is 0.316. The smallest absolute Gasteiger partial charge is 0.129 e. The van der Waals surface area contributed by atoms with Gasteiger partial charge in [-0.1, -0.05) is 0 Å². The van der Waals surface area contributed by atoms with Gasteiger partial charge in [0, 0.05) is 19.6 Å². The first-order chi connectivity index (χ1) is 5.29. The molecule has 1 fully saturated rings. The molecule has 2 nitrogen and oxygen atoms in total. The van der Waals surface area contributed by atoms with Crippen LogP contribution in [0.3, 0.4) is 0 Å². The van der Waals surface area contributed by atoms with Crippen LogP contribution in [-0.2, 0) is 9.53 Å².